The number of ether oxygens (including phenoxy) is 2. The number of rotatable bonds is 8. The SMILES string of the molecule is COc1ccc(C(=O)N(CCN2CCOCC2)C/C(C)=C/c2ccccc2)cc1. The van der Waals surface area contributed by atoms with Crippen LogP contribution in [0.3, 0.4) is 0 Å². The maximum atomic E-state index is 13.2. The molecule has 1 heterocycles. The average Bonchev–Trinajstić information content (AvgIpc) is 2.77. The van der Waals surface area contributed by atoms with Gasteiger partial charge >= 0.3 is 0 Å². The maximum Gasteiger partial charge on any atom is 0.254 e. The third-order valence-electron chi connectivity index (χ3n) is 5.07. The third-order valence-corrected chi connectivity index (χ3v) is 5.07. The molecule has 0 aliphatic carbocycles. The lowest BCUT2D eigenvalue weighted by Crippen LogP contribution is -2.43. The maximum absolute atomic E-state index is 13.2. The molecule has 0 N–H and O–H groups in total. The molecule has 3 rings (SSSR count). The van der Waals surface area contributed by atoms with Crippen molar-refractivity contribution in [1.82, 2.24) is 9.80 Å². The summed E-state index contributed by atoms with van der Waals surface area (Å²) >= 11 is 0. The minimum atomic E-state index is 0.0433. The number of morpholine rings is 1. The van der Waals surface area contributed by atoms with Crippen LogP contribution < -0.4 is 4.74 Å². The van der Waals surface area contributed by atoms with Crippen molar-refractivity contribution in [2.24, 2.45) is 0 Å². The van der Waals surface area contributed by atoms with Gasteiger partial charge in [-0.15, -0.1) is 0 Å². The van der Waals surface area contributed by atoms with E-state index in [0.717, 1.165) is 49.7 Å². The van der Waals surface area contributed by atoms with Crippen LogP contribution in [0.2, 0.25) is 0 Å². The summed E-state index contributed by atoms with van der Waals surface area (Å²) in [5, 5.41) is 0. The molecule has 0 atom stereocenters. The lowest BCUT2D eigenvalue weighted by molar-refractivity contribution is 0.0330. The van der Waals surface area contributed by atoms with Crippen LogP contribution in [-0.4, -0.2) is 68.8 Å². The molecule has 1 aliphatic rings. The van der Waals surface area contributed by atoms with E-state index in [4.69, 9.17) is 9.47 Å². The molecule has 0 spiro atoms. The van der Waals surface area contributed by atoms with Crippen LogP contribution in [0.15, 0.2) is 60.2 Å². The van der Waals surface area contributed by atoms with Gasteiger partial charge in [0.1, 0.15) is 5.75 Å². The first kappa shape index (κ1) is 21.1. The highest BCUT2D eigenvalue weighted by molar-refractivity contribution is 5.94. The molecule has 5 heteroatoms. The highest BCUT2D eigenvalue weighted by Gasteiger charge is 2.18. The van der Waals surface area contributed by atoms with E-state index in [-0.39, 0.29) is 5.91 Å². The Labute approximate surface area is 173 Å². The molecule has 0 unspecified atom stereocenters. The Bertz CT molecular complexity index is 797. The van der Waals surface area contributed by atoms with Crippen LogP contribution in [0.4, 0.5) is 0 Å². The number of hydrogen-bond donors (Lipinski definition) is 0. The molecule has 0 aromatic heterocycles. The fourth-order valence-electron chi connectivity index (χ4n) is 3.44. The van der Waals surface area contributed by atoms with E-state index in [0.29, 0.717) is 18.7 Å². The summed E-state index contributed by atoms with van der Waals surface area (Å²) in [5.41, 5.74) is 2.98. The van der Waals surface area contributed by atoms with Crippen LogP contribution in [0.1, 0.15) is 22.8 Å². The Morgan fingerprint density at radius 1 is 1.10 bits per heavy atom. The highest BCUT2D eigenvalue weighted by atomic mass is 16.5. The van der Waals surface area contributed by atoms with E-state index in [2.05, 4.69) is 30.0 Å². The van der Waals surface area contributed by atoms with Gasteiger partial charge in [0, 0.05) is 38.3 Å². The Balaban J connectivity index is 1.72. The second-order valence-electron chi connectivity index (χ2n) is 7.31. The summed E-state index contributed by atoms with van der Waals surface area (Å²) in [6.07, 6.45) is 2.14. The van der Waals surface area contributed by atoms with Crippen LogP contribution in [0.5, 0.6) is 5.75 Å². The van der Waals surface area contributed by atoms with Crippen LogP contribution in [0, 0.1) is 0 Å². The fourth-order valence-corrected chi connectivity index (χ4v) is 3.44. The molecule has 2 aromatic rings. The van der Waals surface area contributed by atoms with E-state index in [9.17, 15) is 4.79 Å². The van der Waals surface area contributed by atoms with Gasteiger partial charge in [-0.3, -0.25) is 9.69 Å². The summed E-state index contributed by atoms with van der Waals surface area (Å²) < 4.78 is 10.6. The van der Waals surface area contributed by atoms with Gasteiger partial charge in [0.25, 0.3) is 5.91 Å². The van der Waals surface area contributed by atoms with E-state index >= 15 is 0 Å². The molecular formula is C24H30N2O3. The van der Waals surface area contributed by atoms with Crippen molar-refractivity contribution in [2.45, 2.75) is 6.92 Å². The van der Waals surface area contributed by atoms with Crippen LogP contribution in [-0.2, 0) is 4.74 Å². The minimum Gasteiger partial charge on any atom is -0.497 e. The summed E-state index contributed by atoms with van der Waals surface area (Å²) in [4.78, 5) is 17.5. The van der Waals surface area contributed by atoms with Crippen molar-refractivity contribution in [2.75, 3.05) is 53.0 Å². The van der Waals surface area contributed by atoms with Crippen LogP contribution >= 0.6 is 0 Å². The van der Waals surface area contributed by atoms with Gasteiger partial charge in [-0.2, -0.15) is 0 Å². The Morgan fingerprint density at radius 3 is 2.45 bits per heavy atom. The van der Waals surface area contributed by atoms with Gasteiger partial charge in [-0.1, -0.05) is 42.0 Å². The monoisotopic (exact) mass is 394 g/mol. The third kappa shape index (κ3) is 6.44. The van der Waals surface area contributed by atoms with Gasteiger partial charge in [-0.05, 0) is 36.8 Å². The molecule has 0 saturated carbocycles. The number of amides is 1. The predicted octanol–water partition coefficient (Wildman–Crippen LogP) is 3.57. The first-order valence-electron chi connectivity index (χ1n) is 10.1. The lowest BCUT2D eigenvalue weighted by Gasteiger charge is -2.30. The van der Waals surface area contributed by atoms with Crippen LogP contribution in [0.25, 0.3) is 6.08 Å². The molecule has 1 amide bonds. The first-order valence-corrected chi connectivity index (χ1v) is 10.1. The van der Waals surface area contributed by atoms with Gasteiger partial charge in [0.15, 0.2) is 0 Å². The zero-order chi connectivity index (χ0) is 20.5. The summed E-state index contributed by atoms with van der Waals surface area (Å²) in [6, 6.07) is 17.5. The van der Waals surface area contributed by atoms with Crippen molar-refractivity contribution in [3.05, 3.63) is 71.3 Å². The zero-order valence-electron chi connectivity index (χ0n) is 17.3. The summed E-state index contributed by atoms with van der Waals surface area (Å²) in [5.74, 6) is 0.795. The second-order valence-corrected chi connectivity index (χ2v) is 7.31. The molecule has 2 aromatic carbocycles. The normalized spacial score (nSPS) is 15.2. The average molecular weight is 395 g/mol. The van der Waals surface area contributed by atoms with Gasteiger partial charge < -0.3 is 14.4 Å². The quantitative estimate of drug-likeness (QED) is 0.686. The van der Waals surface area contributed by atoms with Gasteiger partial charge in [0.05, 0.1) is 20.3 Å². The summed E-state index contributed by atoms with van der Waals surface area (Å²) in [6.45, 7) is 7.58. The molecule has 0 radical (unpaired) electrons. The molecule has 154 valence electrons. The van der Waals surface area contributed by atoms with E-state index in [1.165, 1.54) is 0 Å². The van der Waals surface area contributed by atoms with Gasteiger partial charge in [0.2, 0.25) is 0 Å². The number of hydrogen-bond acceptors (Lipinski definition) is 4. The van der Waals surface area contributed by atoms with E-state index < -0.39 is 0 Å². The zero-order valence-corrected chi connectivity index (χ0v) is 17.3. The molecular weight excluding hydrogens is 364 g/mol. The highest BCUT2D eigenvalue weighted by Crippen LogP contribution is 2.15. The topological polar surface area (TPSA) is 42.0 Å². The first-order chi connectivity index (χ1) is 14.2. The Hall–Kier alpha value is -2.63. The molecule has 0 bridgehead atoms. The Kier molecular flexibility index (Phi) is 7.85. The molecule has 5 nitrogen and oxygen atoms in total. The number of nitrogens with zero attached hydrogens (tertiary/aromatic N) is 2. The minimum absolute atomic E-state index is 0.0433. The van der Waals surface area contributed by atoms with E-state index in [1.54, 1.807) is 7.11 Å². The number of benzene rings is 2. The number of carbonyl (C=O) groups is 1. The van der Waals surface area contributed by atoms with E-state index in [1.807, 2.05) is 47.4 Å². The molecule has 1 aliphatic heterocycles. The predicted molar refractivity (Wildman–Crippen MR) is 116 cm³/mol. The van der Waals surface area contributed by atoms with Crippen molar-refractivity contribution in [3.63, 3.8) is 0 Å². The standard InChI is InChI=1S/C24H30N2O3/c1-20(18-21-6-4-3-5-7-21)19-26(13-12-25-14-16-29-17-15-25)24(27)22-8-10-23(28-2)11-9-22/h3-11,18H,12-17,19H2,1-2H3/b20-18+. The van der Waals surface area contributed by atoms with Crippen molar-refractivity contribution in [1.29, 1.82) is 0 Å². The van der Waals surface area contributed by atoms with Crippen molar-refractivity contribution >= 4 is 12.0 Å². The number of methoxy groups -OCH3 is 1. The number of carbonyl (C=O) groups excluding carboxylic acids is 1. The smallest absolute Gasteiger partial charge is 0.254 e. The van der Waals surface area contributed by atoms with Gasteiger partial charge in [-0.25, -0.2) is 0 Å². The fraction of sp³-hybridized carbons (Fsp3) is 0.375. The summed E-state index contributed by atoms with van der Waals surface area (Å²) in [7, 11) is 1.63. The largest absolute Gasteiger partial charge is 0.497 e. The Morgan fingerprint density at radius 2 is 1.79 bits per heavy atom. The van der Waals surface area contributed by atoms with Crippen molar-refractivity contribution in [3.8, 4) is 5.75 Å². The molecule has 1 fully saturated rings. The second kappa shape index (κ2) is 10.8. The molecule has 1 saturated heterocycles. The molecule has 29 heavy (non-hydrogen) atoms. The lowest BCUT2D eigenvalue weighted by atomic mass is 10.1. The van der Waals surface area contributed by atoms with Crippen molar-refractivity contribution < 1.29 is 14.3 Å².